The van der Waals surface area contributed by atoms with E-state index in [0.717, 1.165) is 51.0 Å². The highest BCUT2D eigenvalue weighted by Crippen LogP contribution is 2.30. The number of nitrogens with one attached hydrogen (secondary N) is 1. The minimum absolute atomic E-state index is 0.149. The zero-order valence-electron chi connectivity index (χ0n) is 12.5. The molecule has 1 aliphatic rings. The molecule has 1 heterocycles. The Labute approximate surface area is 121 Å². The van der Waals surface area contributed by atoms with Gasteiger partial charge in [-0.2, -0.15) is 0 Å². The summed E-state index contributed by atoms with van der Waals surface area (Å²) in [6.07, 6.45) is 3.28. The highest BCUT2D eigenvalue weighted by atomic mass is 19.1. The van der Waals surface area contributed by atoms with E-state index in [2.05, 4.69) is 17.1 Å². The molecule has 0 unspecified atom stereocenters. The summed E-state index contributed by atoms with van der Waals surface area (Å²) in [5.74, 6) is 0.435. The lowest BCUT2D eigenvalue weighted by atomic mass is 9.98. The first-order valence-corrected chi connectivity index (χ1v) is 7.54. The molecule has 112 valence electrons. The SMILES string of the molecule is CCCC[C@@H](c1ccc(OC)cc1F)N1CCNCC1. The summed E-state index contributed by atoms with van der Waals surface area (Å²) in [5.41, 5.74) is 0.807. The molecule has 20 heavy (non-hydrogen) atoms. The van der Waals surface area contributed by atoms with Crippen LogP contribution in [0.25, 0.3) is 0 Å². The molecule has 3 nitrogen and oxygen atoms in total. The van der Waals surface area contributed by atoms with Crippen molar-refractivity contribution in [1.82, 2.24) is 10.2 Å². The Hall–Kier alpha value is -1.13. The van der Waals surface area contributed by atoms with Crippen LogP contribution in [0.3, 0.4) is 0 Å². The van der Waals surface area contributed by atoms with E-state index in [1.807, 2.05) is 12.1 Å². The third kappa shape index (κ3) is 3.70. The third-order valence-electron chi connectivity index (χ3n) is 3.99. The number of rotatable bonds is 6. The molecule has 0 bridgehead atoms. The van der Waals surface area contributed by atoms with Gasteiger partial charge in [0.05, 0.1) is 7.11 Å². The summed E-state index contributed by atoms with van der Waals surface area (Å²) in [5, 5.41) is 3.35. The van der Waals surface area contributed by atoms with Gasteiger partial charge in [-0.25, -0.2) is 4.39 Å². The first-order valence-electron chi connectivity index (χ1n) is 7.54. The van der Waals surface area contributed by atoms with Crippen LogP contribution in [0.2, 0.25) is 0 Å². The van der Waals surface area contributed by atoms with Crippen LogP contribution in [0.4, 0.5) is 4.39 Å². The standard InChI is InChI=1S/C16H25FN2O/c1-3-4-5-16(19-10-8-18-9-11-19)14-7-6-13(20-2)12-15(14)17/h6-7,12,16,18H,3-5,8-11H2,1-2H3/t16-/m0/s1. The summed E-state index contributed by atoms with van der Waals surface area (Å²) >= 11 is 0. The fourth-order valence-electron chi connectivity index (χ4n) is 2.83. The second kappa shape index (κ2) is 7.60. The van der Waals surface area contributed by atoms with Gasteiger partial charge in [0.1, 0.15) is 11.6 Å². The topological polar surface area (TPSA) is 24.5 Å². The molecule has 4 heteroatoms. The Bertz CT molecular complexity index is 419. The first kappa shape index (κ1) is 15.3. The average molecular weight is 280 g/mol. The van der Waals surface area contributed by atoms with Crippen LogP contribution in [-0.4, -0.2) is 38.2 Å². The number of hydrogen-bond donors (Lipinski definition) is 1. The first-order chi connectivity index (χ1) is 9.76. The fraction of sp³-hybridized carbons (Fsp3) is 0.625. The van der Waals surface area contributed by atoms with E-state index in [-0.39, 0.29) is 11.9 Å². The van der Waals surface area contributed by atoms with Crippen LogP contribution in [0, 0.1) is 5.82 Å². The minimum atomic E-state index is -0.149. The Morgan fingerprint density at radius 3 is 2.70 bits per heavy atom. The van der Waals surface area contributed by atoms with Crippen molar-refractivity contribution in [2.45, 2.75) is 32.2 Å². The van der Waals surface area contributed by atoms with E-state index in [9.17, 15) is 4.39 Å². The van der Waals surface area contributed by atoms with Crippen molar-refractivity contribution in [1.29, 1.82) is 0 Å². The maximum Gasteiger partial charge on any atom is 0.131 e. The molecular formula is C16H25FN2O. The quantitative estimate of drug-likeness (QED) is 0.867. The number of methoxy groups -OCH3 is 1. The number of halogens is 1. The van der Waals surface area contributed by atoms with Gasteiger partial charge in [-0.3, -0.25) is 4.90 Å². The summed E-state index contributed by atoms with van der Waals surface area (Å²) in [6, 6.07) is 5.43. The van der Waals surface area contributed by atoms with Gasteiger partial charge in [-0.1, -0.05) is 25.8 Å². The summed E-state index contributed by atoms with van der Waals surface area (Å²) in [7, 11) is 1.57. The normalized spacial score (nSPS) is 17.9. The molecule has 0 spiro atoms. The Morgan fingerprint density at radius 2 is 2.10 bits per heavy atom. The van der Waals surface area contributed by atoms with Crippen LogP contribution >= 0.6 is 0 Å². The van der Waals surface area contributed by atoms with Crippen molar-refractivity contribution in [2.75, 3.05) is 33.3 Å². The average Bonchev–Trinajstić information content (AvgIpc) is 2.50. The van der Waals surface area contributed by atoms with Crippen molar-refractivity contribution in [3.8, 4) is 5.75 Å². The molecule has 0 radical (unpaired) electrons. The predicted octanol–water partition coefficient (Wildman–Crippen LogP) is 2.97. The van der Waals surface area contributed by atoms with Crippen LogP contribution in [-0.2, 0) is 0 Å². The van der Waals surface area contributed by atoms with Crippen molar-refractivity contribution in [3.63, 3.8) is 0 Å². The Kier molecular flexibility index (Phi) is 5.80. The molecular weight excluding hydrogens is 255 g/mol. The number of benzene rings is 1. The number of piperazine rings is 1. The van der Waals surface area contributed by atoms with E-state index >= 15 is 0 Å². The Balaban J connectivity index is 2.20. The van der Waals surface area contributed by atoms with Crippen LogP contribution in [0.5, 0.6) is 5.75 Å². The third-order valence-corrected chi connectivity index (χ3v) is 3.99. The molecule has 0 aliphatic carbocycles. The van der Waals surface area contributed by atoms with Crippen molar-refractivity contribution in [2.24, 2.45) is 0 Å². The molecule has 0 amide bonds. The van der Waals surface area contributed by atoms with Gasteiger partial charge >= 0.3 is 0 Å². The summed E-state index contributed by atoms with van der Waals surface area (Å²) in [6.45, 7) is 6.12. The molecule has 1 N–H and O–H groups in total. The molecule has 1 aromatic carbocycles. The predicted molar refractivity (Wildman–Crippen MR) is 79.7 cm³/mol. The zero-order valence-corrected chi connectivity index (χ0v) is 12.5. The highest BCUT2D eigenvalue weighted by molar-refractivity contribution is 5.31. The van der Waals surface area contributed by atoms with Gasteiger partial charge in [0.25, 0.3) is 0 Å². The lowest BCUT2D eigenvalue weighted by Crippen LogP contribution is -2.45. The number of nitrogens with zero attached hydrogens (tertiary/aromatic N) is 1. The van der Waals surface area contributed by atoms with E-state index in [1.165, 1.54) is 6.07 Å². The smallest absolute Gasteiger partial charge is 0.131 e. The Morgan fingerprint density at radius 1 is 1.35 bits per heavy atom. The van der Waals surface area contributed by atoms with E-state index in [0.29, 0.717) is 5.75 Å². The second-order valence-corrected chi connectivity index (χ2v) is 5.33. The minimum Gasteiger partial charge on any atom is -0.497 e. The van der Waals surface area contributed by atoms with Crippen molar-refractivity contribution < 1.29 is 9.13 Å². The lowest BCUT2D eigenvalue weighted by molar-refractivity contribution is 0.160. The second-order valence-electron chi connectivity index (χ2n) is 5.33. The number of ether oxygens (including phenoxy) is 1. The molecule has 1 atom stereocenters. The van der Waals surface area contributed by atoms with E-state index < -0.39 is 0 Å². The van der Waals surface area contributed by atoms with Gasteiger partial charge in [0, 0.05) is 43.9 Å². The molecule has 1 aromatic rings. The van der Waals surface area contributed by atoms with E-state index in [4.69, 9.17) is 4.74 Å². The lowest BCUT2D eigenvalue weighted by Gasteiger charge is -2.35. The maximum atomic E-state index is 14.3. The van der Waals surface area contributed by atoms with Gasteiger partial charge in [-0.05, 0) is 12.5 Å². The van der Waals surface area contributed by atoms with Crippen molar-refractivity contribution >= 4 is 0 Å². The zero-order chi connectivity index (χ0) is 14.4. The molecule has 1 aliphatic heterocycles. The van der Waals surface area contributed by atoms with Gasteiger partial charge in [0.15, 0.2) is 0 Å². The molecule has 1 fully saturated rings. The number of hydrogen-bond acceptors (Lipinski definition) is 3. The largest absolute Gasteiger partial charge is 0.497 e. The van der Waals surface area contributed by atoms with Gasteiger partial charge < -0.3 is 10.1 Å². The highest BCUT2D eigenvalue weighted by Gasteiger charge is 2.24. The van der Waals surface area contributed by atoms with Gasteiger partial charge in [0.2, 0.25) is 0 Å². The van der Waals surface area contributed by atoms with Crippen LogP contribution < -0.4 is 10.1 Å². The van der Waals surface area contributed by atoms with E-state index in [1.54, 1.807) is 7.11 Å². The van der Waals surface area contributed by atoms with Gasteiger partial charge in [-0.15, -0.1) is 0 Å². The van der Waals surface area contributed by atoms with Crippen molar-refractivity contribution in [3.05, 3.63) is 29.6 Å². The molecule has 0 saturated carbocycles. The molecule has 2 rings (SSSR count). The maximum absolute atomic E-state index is 14.3. The summed E-state index contributed by atoms with van der Waals surface area (Å²) < 4.78 is 19.4. The van der Waals surface area contributed by atoms with Crippen LogP contribution in [0.1, 0.15) is 37.8 Å². The molecule has 0 aromatic heterocycles. The summed E-state index contributed by atoms with van der Waals surface area (Å²) in [4.78, 5) is 2.40. The molecule has 1 saturated heterocycles. The monoisotopic (exact) mass is 280 g/mol. The van der Waals surface area contributed by atoms with Crippen LogP contribution in [0.15, 0.2) is 18.2 Å². The fourth-order valence-corrected chi connectivity index (χ4v) is 2.83. The number of unbranched alkanes of at least 4 members (excludes halogenated alkanes) is 1.